The van der Waals surface area contributed by atoms with Gasteiger partial charge in [0.15, 0.2) is 0 Å². The van der Waals surface area contributed by atoms with Crippen LogP contribution in [0, 0.1) is 17.8 Å². The molecule has 1 saturated carbocycles. The van der Waals surface area contributed by atoms with E-state index < -0.39 is 0 Å². The maximum absolute atomic E-state index is 2.39. The average Bonchev–Trinajstić information content (AvgIpc) is 2.28. The van der Waals surface area contributed by atoms with E-state index in [4.69, 9.17) is 0 Å². The van der Waals surface area contributed by atoms with Gasteiger partial charge < -0.3 is 0 Å². The van der Waals surface area contributed by atoms with Crippen molar-refractivity contribution in [2.45, 2.75) is 86.0 Å². The molecular weight excluding hydrogens is 192 g/mol. The molecule has 0 amide bonds. The van der Waals surface area contributed by atoms with Gasteiger partial charge in [0, 0.05) is 0 Å². The van der Waals surface area contributed by atoms with Crippen LogP contribution in [-0.4, -0.2) is 0 Å². The Morgan fingerprint density at radius 3 is 1.62 bits per heavy atom. The van der Waals surface area contributed by atoms with Gasteiger partial charge >= 0.3 is 0 Å². The Bertz CT molecular complexity index is 125. The van der Waals surface area contributed by atoms with Gasteiger partial charge in [-0.3, -0.25) is 0 Å². The van der Waals surface area contributed by atoms with Crippen LogP contribution in [0.3, 0.4) is 0 Å². The van der Waals surface area contributed by atoms with Gasteiger partial charge in [0.25, 0.3) is 0 Å². The molecular formula is C16H34. The predicted octanol–water partition coefficient (Wildman–Crippen LogP) is 6.06. The van der Waals surface area contributed by atoms with Crippen LogP contribution >= 0.6 is 0 Å². The highest BCUT2D eigenvalue weighted by Gasteiger charge is 2.19. The van der Waals surface area contributed by atoms with Crippen molar-refractivity contribution in [3.05, 3.63) is 0 Å². The lowest BCUT2D eigenvalue weighted by atomic mass is 9.78. The minimum absolute atomic E-state index is 0.924. The first-order chi connectivity index (χ1) is 7.61. The Balaban J connectivity index is 0.000000325. The fourth-order valence-corrected chi connectivity index (χ4v) is 2.45. The molecule has 0 radical (unpaired) electrons. The van der Waals surface area contributed by atoms with Crippen LogP contribution in [-0.2, 0) is 0 Å². The van der Waals surface area contributed by atoms with E-state index in [0.717, 1.165) is 17.8 Å². The molecule has 0 unspecified atom stereocenters. The van der Waals surface area contributed by atoms with Crippen LogP contribution in [0.2, 0.25) is 0 Å². The summed E-state index contributed by atoms with van der Waals surface area (Å²) in [6.07, 6.45) is 11.5. The average molecular weight is 226 g/mol. The summed E-state index contributed by atoms with van der Waals surface area (Å²) in [5.41, 5.74) is 0. The molecule has 0 aromatic heterocycles. The van der Waals surface area contributed by atoms with Crippen LogP contribution in [0.25, 0.3) is 0 Å². The molecule has 0 aromatic rings. The molecule has 0 atom stereocenters. The SMILES string of the molecule is CC1CCC(C(C)C)CC1.CCCCCC. The van der Waals surface area contributed by atoms with Gasteiger partial charge in [-0.2, -0.15) is 0 Å². The van der Waals surface area contributed by atoms with Crippen LogP contribution < -0.4 is 0 Å². The van der Waals surface area contributed by atoms with Crippen LogP contribution in [0.4, 0.5) is 0 Å². The van der Waals surface area contributed by atoms with Crippen LogP contribution in [0.15, 0.2) is 0 Å². The van der Waals surface area contributed by atoms with Gasteiger partial charge in [0.1, 0.15) is 0 Å². The summed E-state index contributed by atoms with van der Waals surface area (Å²) in [6.45, 7) is 11.6. The topological polar surface area (TPSA) is 0 Å². The predicted molar refractivity (Wildman–Crippen MR) is 75.8 cm³/mol. The Hall–Kier alpha value is 0. The molecule has 0 N–H and O–H groups in total. The first kappa shape index (κ1) is 16.0. The van der Waals surface area contributed by atoms with E-state index in [0.29, 0.717) is 0 Å². The third-order valence-electron chi connectivity index (χ3n) is 3.96. The zero-order valence-corrected chi connectivity index (χ0v) is 12.4. The van der Waals surface area contributed by atoms with Gasteiger partial charge in [-0.15, -0.1) is 0 Å². The summed E-state index contributed by atoms with van der Waals surface area (Å²) in [4.78, 5) is 0. The summed E-state index contributed by atoms with van der Waals surface area (Å²) < 4.78 is 0. The van der Waals surface area contributed by atoms with Crippen molar-refractivity contribution in [3.63, 3.8) is 0 Å². The monoisotopic (exact) mass is 226 g/mol. The van der Waals surface area contributed by atoms with Gasteiger partial charge in [-0.1, -0.05) is 73.1 Å². The van der Waals surface area contributed by atoms with Gasteiger partial charge in [-0.05, 0) is 30.6 Å². The fraction of sp³-hybridized carbons (Fsp3) is 1.00. The molecule has 1 aliphatic rings. The highest BCUT2D eigenvalue weighted by Crippen LogP contribution is 2.32. The fourth-order valence-electron chi connectivity index (χ4n) is 2.45. The Labute approximate surface area is 104 Å². The molecule has 1 aliphatic carbocycles. The molecule has 0 heterocycles. The maximum atomic E-state index is 2.39. The summed E-state index contributed by atoms with van der Waals surface area (Å²) in [6, 6.07) is 0. The second-order valence-electron chi connectivity index (χ2n) is 5.97. The van der Waals surface area contributed by atoms with Crippen molar-refractivity contribution in [2.75, 3.05) is 0 Å². The van der Waals surface area contributed by atoms with Crippen LogP contribution in [0.5, 0.6) is 0 Å². The third-order valence-corrected chi connectivity index (χ3v) is 3.96. The van der Waals surface area contributed by atoms with Crippen molar-refractivity contribution in [3.8, 4) is 0 Å². The van der Waals surface area contributed by atoms with Crippen molar-refractivity contribution in [1.29, 1.82) is 0 Å². The third kappa shape index (κ3) is 8.19. The summed E-state index contributed by atoms with van der Waals surface area (Å²) in [5, 5.41) is 0. The standard InChI is InChI=1S/C10H20.C6H14/c1-8(2)10-6-4-9(3)5-7-10;1-3-5-6-4-2/h8-10H,4-7H2,1-3H3;3-6H2,1-2H3. The molecule has 98 valence electrons. The molecule has 0 spiro atoms. The summed E-state index contributed by atoms with van der Waals surface area (Å²) in [7, 11) is 0. The van der Waals surface area contributed by atoms with Crippen molar-refractivity contribution in [1.82, 2.24) is 0 Å². The number of unbranched alkanes of at least 4 members (excludes halogenated alkanes) is 3. The van der Waals surface area contributed by atoms with E-state index in [-0.39, 0.29) is 0 Å². The first-order valence-electron chi connectivity index (χ1n) is 7.61. The number of hydrogen-bond acceptors (Lipinski definition) is 0. The van der Waals surface area contributed by atoms with E-state index in [1.54, 1.807) is 0 Å². The lowest BCUT2D eigenvalue weighted by Crippen LogP contribution is -2.16. The molecule has 16 heavy (non-hydrogen) atoms. The minimum Gasteiger partial charge on any atom is -0.0654 e. The number of hydrogen-bond donors (Lipinski definition) is 0. The van der Waals surface area contributed by atoms with Crippen molar-refractivity contribution < 1.29 is 0 Å². The normalized spacial score (nSPS) is 25.1. The van der Waals surface area contributed by atoms with Crippen molar-refractivity contribution in [2.24, 2.45) is 17.8 Å². The highest BCUT2D eigenvalue weighted by atomic mass is 14.3. The lowest BCUT2D eigenvalue weighted by molar-refractivity contribution is 0.234. The lowest BCUT2D eigenvalue weighted by Gasteiger charge is -2.28. The minimum atomic E-state index is 0.924. The molecule has 0 nitrogen and oxygen atoms in total. The smallest absolute Gasteiger partial charge is 0.0391 e. The molecule has 0 aliphatic heterocycles. The summed E-state index contributed by atoms with van der Waals surface area (Å²) >= 11 is 0. The largest absolute Gasteiger partial charge is 0.0654 e. The van der Waals surface area contributed by atoms with E-state index in [9.17, 15) is 0 Å². The maximum Gasteiger partial charge on any atom is -0.0391 e. The zero-order chi connectivity index (χ0) is 12.4. The molecule has 0 heteroatoms. The molecule has 1 rings (SSSR count). The molecule has 0 saturated heterocycles. The molecule has 1 fully saturated rings. The quantitative estimate of drug-likeness (QED) is 0.511. The summed E-state index contributed by atoms with van der Waals surface area (Å²) in [5.74, 6) is 2.97. The van der Waals surface area contributed by atoms with Gasteiger partial charge in [-0.25, -0.2) is 0 Å². The molecule has 0 aromatic carbocycles. The Morgan fingerprint density at radius 2 is 1.31 bits per heavy atom. The first-order valence-corrected chi connectivity index (χ1v) is 7.61. The highest BCUT2D eigenvalue weighted by molar-refractivity contribution is 4.71. The molecule has 0 bridgehead atoms. The van der Waals surface area contributed by atoms with E-state index in [2.05, 4.69) is 34.6 Å². The van der Waals surface area contributed by atoms with E-state index in [1.807, 2.05) is 0 Å². The zero-order valence-electron chi connectivity index (χ0n) is 12.4. The number of rotatable bonds is 4. The second kappa shape index (κ2) is 10.2. The Kier molecular flexibility index (Phi) is 10.2. The Morgan fingerprint density at radius 1 is 0.875 bits per heavy atom. The van der Waals surface area contributed by atoms with E-state index in [1.165, 1.54) is 51.4 Å². The second-order valence-corrected chi connectivity index (χ2v) is 5.97. The van der Waals surface area contributed by atoms with Crippen LogP contribution in [0.1, 0.15) is 86.0 Å². The van der Waals surface area contributed by atoms with Crippen molar-refractivity contribution >= 4 is 0 Å². The van der Waals surface area contributed by atoms with Gasteiger partial charge in [0.05, 0.1) is 0 Å². The van der Waals surface area contributed by atoms with Gasteiger partial charge in [0.2, 0.25) is 0 Å². The van der Waals surface area contributed by atoms with E-state index >= 15 is 0 Å².